The third-order valence-corrected chi connectivity index (χ3v) is 4.27. The molecule has 0 saturated heterocycles. The Morgan fingerprint density at radius 2 is 1.32 bits per heavy atom. The standard InChI is InChI=1S/C7H4Br2N2.C7H4BrClN2/c2*8-5-3-6-1-2-7(9)10-11(6)4-5/h2*1-4H. The van der Waals surface area contributed by atoms with Crippen LogP contribution >= 0.6 is 59.4 Å². The van der Waals surface area contributed by atoms with Crippen LogP contribution in [0.3, 0.4) is 0 Å². The number of hydrogen-bond acceptors (Lipinski definition) is 2. The SMILES string of the molecule is Brc1cc2ccc(Br)nn2c1.Clc1ccc2cc(Br)cn2n1. The van der Waals surface area contributed by atoms with Crippen LogP contribution < -0.4 is 0 Å². The topological polar surface area (TPSA) is 34.6 Å². The molecule has 0 spiro atoms. The van der Waals surface area contributed by atoms with Gasteiger partial charge in [0.15, 0.2) is 0 Å². The van der Waals surface area contributed by atoms with Gasteiger partial charge in [-0.1, -0.05) is 11.6 Å². The smallest absolute Gasteiger partial charge is 0.150 e. The maximum absolute atomic E-state index is 5.68. The summed E-state index contributed by atoms with van der Waals surface area (Å²) in [7, 11) is 0. The molecule has 0 aliphatic heterocycles. The zero-order valence-electron chi connectivity index (χ0n) is 10.9. The number of halogens is 4. The summed E-state index contributed by atoms with van der Waals surface area (Å²) in [4.78, 5) is 0. The molecule has 8 heteroatoms. The molecule has 4 heterocycles. The molecule has 4 aromatic rings. The van der Waals surface area contributed by atoms with Gasteiger partial charge in [0, 0.05) is 21.3 Å². The van der Waals surface area contributed by atoms with Gasteiger partial charge in [0.05, 0.1) is 11.0 Å². The van der Waals surface area contributed by atoms with Crippen molar-refractivity contribution in [2.24, 2.45) is 0 Å². The van der Waals surface area contributed by atoms with Crippen molar-refractivity contribution in [2.75, 3.05) is 0 Å². The third-order valence-electron chi connectivity index (χ3n) is 2.78. The number of aromatic nitrogens is 4. The minimum Gasteiger partial charge on any atom is -0.239 e. The largest absolute Gasteiger partial charge is 0.239 e. The molecule has 0 atom stereocenters. The molecule has 22 heavy (non-hydrogen) atoms. The molecule has 0 bridgehead atoms. The van der Waals surface area contributed by atoms with E-state index in [1.807, 2.05) is 47.2 Å². The van der Waals surface area contributed by atoms with E-state index in [0.29, 0.717) is 5.15 Å². The summed E-state index contributed by atoms with van der Waals surface area (Å²) in [6.07, 6.45) is 3.78. The lowest BCUT2D eigenvalue weighted by Crippen LogP contribution is -1.87. The third kappa shape index (κ3) is 3.71. The molecule has 4 nitrogen and oxygen atoms in total. The fourth-order valence-corrected chi connectivity index (χ4v) is 3.18. The monoisotopic (exact) mass is 504 g/mol. The van der Waals surface area contributed by atoms with Crippen LogP contribution in [0.5, 0.6) is 0 Å². The Labute approximate surface area is 156 Å². The first-order valence-corrected chi connectivity index (χ1v) is 8.88. The van der Waals surface area contributed by atoms with Crippen LogP contribution in [-0.2, 0) is 0 Å². The number of rotatable bonds is 0. The van der Waals surface area contributed by atoms with Gasteiger partial charge in [-0.2, -0.15) is 10.2 Å². The lowest BCUT2D eigenvalue weighted by Gasteiger charge is -1.91. The molecule has 0 aliphatic carbocycles. The van der Waals surface area contributed by atoms with Crippen LogP contribution in [0.1, 0.15) is 0 Å². The van der Waals surface area contributed by atoms with Crippen molar-refractivity contribution >= 4 is 70.4 Å². The van der Waals surface area contributed by atoms with Gasteiger partial charge in [0.2, 0.25) is 0 Å². The zero-order valence-corrected chi connectivity index (χ0v) is 16.4. The van der Waals surface area contributed by atoms with Crippen LogP contribution in [0, 0.1) is 0 Å². The van der Waals surface area contributed by atoms with Gasteiger partial charge in [-0.05, 0) is 84.2 Å². The first kappa shape index (κ1) is 16.0. The quantitative estimate of drug-likeness (QED) is 0.310. The van der Waals surface area contributed by atoms with E-state index in [1.165, 1.54) is 0 Å². The van der Waals surface area contributed by atoms with Crippen molar-refractivity contribution < 1.29 is 0 Å². The maximum atomic E-state index is 5.68. The van der Waals surface area contributed by atoms with Gasteiger partial charge >= 0.3 is 0 Å². The molecular weight excluding hydrogens is 499 g/mol. The Morgan fingerprint density at radius 1 is 0.773 bits per heavy atom. The summed E-state index contributed by atoms with van der Waals surface area (Å²) in [5.41, 5.74) is 2.11. The summed E-state index contributed by atoms with van der Waals surface area (Å²) in [6, 6.07) is 11.6. The Morgan fingerprint density at radius 3 is 1.95 bits per heavy atom. The highest BCUT2D eigenvalue weighted by Gasteiger charge is 1.97. The van der Waals surface area contributed by atoms with Crippen molar-refractivity contribution in [3.8, 4) is 0 Å². The fraction of sp³-hybridized carbons (Fsp3) is 0. The van der Waals surface area contributed by atoms with Gasteiger partial charge in [-0.25, -0.2) is 9.03 Å². The molecule has 4 aromatic heterocycles. The molecule has 0 radical (unpaired) electrons. The van der Waals surface area contributed by atoms with Gasteiger partial charge in [0.1, 0.15) is 9.76 Å². The summed E-state index contributed by atoms with van der Waals surface area (Å²) < 4.78 is 6.43. The molecule has 0 aromatic carbocycles. The highest BCUT2D eigenvalue weighted by atomic mass is 79.9. The van der Waals surface area contributed by atoms with E-state index in [1.54, 1.807) is 10.6 Å². The van der Waals surface area contributed by atoms with Crippen molar-refractivity contribution in [3.63, 3.8) is 0 Å². The van der Waals surface area contributed by atoms with E-state index in [-0.39, 0.29) is 0 Å². The van der Waals surface area contributed by atoms with Crippen LogP contribution in [0.2, 0.25) is 5.15 Å². The maximum Gasteiger partial charge on any atom is 0.150 e. The normalized spacial score (nSPS) is 10.7. The Kier molecular flexibility index (Phi) is 4.87. The van der Waals surface area contributed by atoms with Crippen molar-refractivity contribution in [3.05, 3.63) is 67.5 Å². The van der Waals surface area contributed by atoms with E-state index in [2.05, 4.69) is 58.0 Å². The first-order chi connectivity index (χ1) is 10.5. The first-order valence-electron chi connectivity index (χ1n) is 6.12. The van der Waals surface area contributed by atoms with Gasteiger partial charge in [-0.3, -0.25) is 0 Å². The van der Waals surface area contributed by atoms with Gasteiger partial charge in [0.25, 0.3) is 0 Å². The predicted molar refractivity (Wildman–Crippen MR) is 98.5 cm³/mol. The van der Waals surface area contributed by atoms with E-state index < -0.39 is 0 Å². The minimum atomic E-state index is 0.501. The molecule has 0 aliphatic rings. The second kappa shape index (κ2) is 6.70. The van der Waals surface area contributed by atoms with Crippen LogP contribution in [0.4, 0.5) is 0 Å². The molecular formula is C14H8Br3ClN4. The Hall–Kier alpha value is -0.890. The lowest BCUT2D eigenvalue weighted by molar-refractivity contribution is 0.920. The Balaban J connectivity index is 0.000000131. The zero-order chi connectivity index (χ0) is 15.7. The van der Waals surface area contributed by atoms with Crippen molar-refractivity contribution in [2.45, 2.75) is 0 Å². The molecule has 0 fully saturated rings. The van der Waals surface area contributed by atoms with E-state index in [9.17, 15) is 0 Å². The van der Waals surface area contributed by atoms with Gasteiger partial charge < -0.3 is 0 Å². The number of nitrogens with zero attached hydrogens (tertiary/aromatic N) is 4. The molecule has 4 rings (SSSR count). The average molecular weight is 507 g/mol. The highest BCUT2D eigenvalue weighted by Crippen LogP contribution is 2.16. The molecule has 0 amide bonds. The highest BCUT2D eigenvalue weighted by molar-refractivity contribution is 9.11. The van der Waals surface area contributed by atoms with Crippen LogP contribution in [0.25, 0.3) is 11.0 Å². The summed E-state index contributed by atoms with van der Waals surface area (Å²) in [6.45, 7) is 0. The molecule has 0 unspecified atom stereocenters. The van der Waals surface area contributed by atoms with E-state index in [4.69, 9.17) is 11.6 Å². The van der Waals surface area contributed by atoms with Crippen LogP contribution in [0.15, 0.2) is 62.3 Å². The van der Waals surface area contributed by atoms with Gasteiger partial charge in [-0.15, -0.1) is 0 Å². The molecule has 0 saturated carbocycles. The Bertz CT molecular complexity index is 870. The average Bonchev–Trinajstić information content (AvgIpc) is 2.99. The fourth-order valence-electron chi connectivity index (χ4n) is 1.88. The van der Waals surface area contributed by atoms with E-state index >= 15 is 0 Å². The van der Waals surface area contributed by atoms with Crippen molar-refractivity contribution in [1.82, 2.24) is 19.2 Å². The second-order valence-corrected chi connectivity index (χ2v) is 7.40. The number of fused-ring (bicyclic) bond motifs is 2. The summed E-state index contributed by atoms with van der Waals surface area (Å²) in [5.74, 6) is 0. The second-order valence-electron chi connectivity index (χ2n) is 4.37. The predicted octanol–water partition coefficient (Wildman–Crippen LogP) is 5.61. The minimum absolute atomic E-state index is 0.501. The summed E-state index contributed by atoms with van der Waals surface area (Å²) in [5, 5.41) is 8.75. The van der Waals surface area contributed by atoms with Crippen molar-refractivity contribution in [1.29, 1.82) is 0 Å². The lowest BCUT2D eigenvalue weighted by atomic mass is 10.5. The van der Waals surface area contributed by atoms with E-state index in [0.717, 1.165) is 24.6 Å². The molecule has 0 N–H and O–H groups in total. The number of hydrogen-bond donors (Lipinski definition) is 0. The summed E-state index contributed by atoms with van der Waals surface area (Å²) >= 11 is 15.7. The van der Waals surface area contributed by atoms with Crippen LogP contribution in [-0.4, -0.2) is 19.2 Å². The molecule has 112 valence electrons.